The van der Waals surface area contributed by atoms with Gasteiger partial charge in [0.05, 0.1) is 0 Å². The van der Waals surface area contributed by atoms with Gasteiger partial charge in [-0.3, -0.25) is 7.05 Å². The zero-order valence-electron chi connectivity index (χ0n) is 5.20. The van der Waals surface area contributed by atoms with Crippen molar-refractivity contribution in [1.82, 2.24) is 5.32 Å². The molecule has 0 aromatic heterocycles. The Morgan fingerprint density at radius 1 is 1.62 bits per heavy atom. The van der Waals surface area contributed by atoms with Crippen LogP contribution in [0.15, 0.2) is 0 Å². The third-order valence-electron chi connectivity index (χ3n) is 0. The molecule has 0 saturated heterocycles. The Morgan fingerprint density at radius 3 is 1.62 bits per heavy atom. The molecule has 0 aliphatic heterocycles. The maximum atomic E-state index is 9.33. The van der Waals surface area contributed by atoms with Gasteiger partial charge < -0.3 is 17.0 Å². The molecule has 0 spiro atoms. The Hall–Kier alpha value is 0.0195. The molecule has 2 nitrogen and oxygen atoms in total. The molecule has 3 heteroatoms. The van der Waals surface area contributed by atoms with E-state index in [4.69, 9.17) is 0 Å². The van der Waals surface area contributed by atoms with E-state index in [0.717, 1.165) is 0 Å². The summed E-state index contributed by atoms with van der Waals surface area (Å²) in [6.45, 7) is 4.42. The Kier molecular flexibility index (Phi) is 30.9. The molecule has 0 amide bonds. The number of rotatable bonds is 0. The number of hydrogen-bond acceptors (Lipinski definition) is 2. The van der Waals surface area contributed by atoms with Crippen LogP contribution < -0.4 is 5.32 Å². The van der Waals surface area contributed by atoms with E-state index in [9.17, 15) is 4.79 Å². The molecule has 0 heterocycles. The second kappa shape index (κ2) is 15.7. The molecule has 0 bridgehead atoms. The van der Waals surface area contributed by atoms with E-state index in [1.165, 1.54) is 6.92 Å². The first kappa shape index (κ1) is 15.7. The number of hydrogen-bond donors (Lipinski definition) is 1. The van der Waals surface area contributed by atoms with Crippen molar-refractivity contribution in [3.8, 4) is 0 Å². The van der Waals surface area contributed by atoms with Crippen molar-refractivity contribution in [3.63, 3.8) is 0 Å². The molecule has 0 aliphatic rings. The maximum absolute atomic E-state index is 9.33. The van der Waals surface area contributed by atoms with Gasteiger partial charge in [0.15, 0.2) is 0 Å². The van der Waals surface area contributed by atoms with Crippen LogP contribution in [0.3, 0.4) is 0 Å². The zero-order chi connectivity index (χ0) is 6.28. The van der Waals surface area contributed by atoms with E-state index in [1.807, 2.05) is 0 Å². The first-order chi connectivity index (χ1) is 3.15. The van der Waals surface area contributed by atoms with Crippen LogP contribution in [0.25, 0.3) is 0 Å². The topological polar surface area (TPSA) is 29.1 Å². The number of Topliss-reactive ketones (excluding diaryl/α,β-unsaturated/α-hetero) is 1. The van der Waals surface area contributed by atoms with Gasteiger partial charge in [-0.1, -0.05) is 0 Å². The molecule has 49 valence electrons. The van der Waals surface area contributed by atoms with Gasteiger partial charge in [-0.2, -0.15) is 0 Å². The first-order valence-electron chi connectivity index (χ1n) is 1.91. The van der Waals surface area contributed by atoms with Gasteiger partial charge in [0, 0.05) is 0 Å². The summed E-state index contributed by atoms with van der Waals surface area (Å²) in [6, 6.07) is 0. The molecule has 0 saturated carbocycles. The summed E-state index contributed by atoms with van der Waals surface area (Å²) in [5.74, 6) is -0.0833. The summed E-state index contributed by atoms with van der Waals surface area (Å²) in [7, 11) is 5.00. The monoisotopic (exact) mass is 156 g/mol. The molecule has 0 aromatic rings. The average Bonchev–Trinajstić information content (AvgIpc) is 1.33. The number of carbonyl (C=O) groups excluding carboxylic acids is 1. The van der Waals surface area contributed by atoms with E-state index in [-0.39, 0.29) is 22.9 Å². The van der Waals surface area contributed by atoms with Crippen LogP contribution in [0.5, 0.6) is 0 Å². The van der Waals surface area contributed by atoms with Gasteiger partial charge >= 0.3 is 17.1 Å². The third kappa shape index (κ3) is 400000. The second-order valence-electron chi connectivity index (χ2n) is 1.06. The molecule has 1 radical (unpaired) electrons. The Morgan fingerprint density at radius 2 is 1.62 bits per heavy atom. The number of nitrogens with one attached hydrogen (secondary N) is 1. The summed E-state index contributed by atoms with van der Waals surface area (Å²) in [5.41, 5.74) is 0. The Bertz CT molecular complexity index is 43.7. The summed E-state index contributed by atoms with van der Waals surface area (Å²) >= 11 is 0. The van der Waals surface area contributed by atoms with Crippen molar-refractivity contribution in [2.24, 2.45) is 0 Å². The van der Waals surface area contributed by atoms with Gasteiger partial charge in [-0.25, -0.2) is 0 Å². The van der Waals surface area contributed by atoms with Crippen molar-refractivity contribution in [2.45, 2.75) is 6.92 Å². The minimum absolute atomic E-state index is 0. The van der Waals surface area contributed by atoms with Crippen LogP contribution in [0, 0.1) is 14.0 Å². The number of ketones is 1. The van der Waals surface area contributed by atoms with Crippen molar-refractivity contribution in [2.75, 3.05) is 7.05 Å². The van der Waals surface area contributed by atoms with Crippen molar-refractivity contribution in [1.29, 1.82) is 0 Å². The first-order valence-corrected chi connectivity index (χ1v) is 1.91. The summed E-state index contributed by atoms with van der Waals surface area (Å²) in [5, 5.41) is 2.50. The summed E-state index contributed by atoms with van der Waals surface area (Å²) in [4.78, 5) is 9.33. The standard InChI is InChI=1S/C3H5O.C2H6N.Mn/c1-3(2)4;1-3-2;/h1H2,2H3;3H,1H2,2H3;/q2*-1;+2. The fraction of sp³-hybridized carbons (Fsp3) is 0.400. The SMILES string of the molecule is [CH2-]C(C)=O.[CH2-]NC.[Mn+2]. The minimum atomic E-state index is -0.0833. The average molecular weight is 156 g/mol. The fourth-order valence-electron chi connectivity index (χ4n) is 0. The smallest absolute Gasteiger partial charge is 0.475 e. The molecule has 0 fully saturated rings. The van der Waals surface area contributed by atoms with E-state index in [1.54, 1.807) is 7.05 Å². The van der Waals surface area contributed by atoms with Crippen LogP contribution in [0.2, 0.25) is 0 Å². The molecule has 0 rings (SSSR count). The van der Waals surface area contributed by atoms with Gasteiger partial charge in [-0.05, 0) is 19.8 Å². The van der Waals surface area contributed by atoms with Gasteiger partial charge in [0.25, 0.3) is 0 Å². The van der Waals surface area contributed by atoms with Gasteiger partial charge in [0.2, 0.25) is 0 Å². The van der Waals surface area contributed by atoms with Crippen LogP contribution in [-0.4, -0.2) is 12.8 Å². The van der Waals surface area contributed by atoms with E-state index in [2.05, 4.69) is 19.3 Å². The third-order valence-corrected chi connectivity index (χ3v) is 0. The van der Waals surface area contributed by atoms with E-state index in [0.29, 0.717) is 0 Å². The second-order valence-corrected chi connectivity index (χ2v) is 1.06. The van der Waals surface area contributed by atoms with Gasteiger partial charge in [-0.15, -0.1) is 0 Å². The quantitative estimate of drug-likeness (QED) is 0.406. The Balaban J connectivity index is -0.0000000575. The summed E-state index contributed by atoms with van der Waals surface area (Å²) in [6.07, 6.45) is 0. The molecule has 0 aromatic carbocycles. The predicted molar refractivity (Wildman–Crippen MR) is 30.5 cm³/mol. The van der Waals surface area contributed by atoms with Crippen molar-refractivity contribution < 1.29 is 21.9 Å². The van der Waals surface area contributed by atoms with Crippen molar-refractivity contribution >= 4 is 5.78 Å². The van der Waals surface area contributed by atoms with Gasteiger partial charge in [0.1, 0.15) is 0 Å². The molecule has 0 unspecified atom stereocenters. The minimum Gasteiger partial charge on any atom is -0.475 e. The largest absolute Gasteiger partial charge is 2.00 e. The van der Waals surface area contributed by atoms with Crippen LogP contribution >= 0.6 is 0 Å². The predicted octanol–water partition coefficient (Wildman–Crippen LogP) is 0.404. The molecule has 0 aliphatic carbocycles. The van der Waals surface area contributed by atoms with Crippen LogP contribution in [0.1, 0.15) is 6.92 Å². The van der Waals surface area contributed by atoms with Crippen LogP contribution in [-0.2, 0) is 21.9 Å². The molecule has 1 N–H and O–H groups in total. The number of carbonyl (C=O) groups is 1. The van der Waals surface area contributed by atoms with E-state index >= 15 is 0 Å². The molecular weight excluding hydrogens is 145 g/mol. The zero-order valence-corrected chi connectivity index (χ0v) is 6.38. The Labute approximate surface area is 61.5 Å². The van der Waals surface area contributed by atoms with Crippen LogP contribution in [0.4, 0.5) is 0 Å². The maximum Gasteiger partial charge on any atom is 2.00 e. The molecule has 8 heavy (non-hydrogen) atoms. The summed E-state index contributed by atoms with van der Waals surface area (Å²) < 4.78 is 0. The fourth-order valence-corrected chi connectivity index (χ4v) is 0. The molecule has 0 atom stereocenters. The normalized spacial score (nSPS) is 5.38. The molecular formula is C5H11MnNO. The van der Waals surface area contributed by atoms with E-state index < -0.39 is 0 Å². The van der Waals surface area contributed by atoms with Crippen molar-refractivity contribution in [3.05, 3.63) is 14.0 Å².